The van der Waals surface area contributed by atoms with E-state index in [0.717, 1.165) is 17.4 Å². The molecule has 0 aliphatic rings. The fraction of sp³-hybridized carbons (Fsp3) is 0.308. The van der Waals surface area contributed by atoms with Crippen LogP contribution in [0.3, 0.4) is 0 Å². The summed E-state index contributed by atoms with van der Waals surface area (Å²) in [6, 6.07) is 5.86. The maximum atomic E-state index is 11.6. The molecule has 1 N–H and O–H groups in total. The highest BCUT2D eigenvalue weighted by Gasteiger charge is 2.08. The van der Waals surface area contributed by atoms with Gasteiger partial charge in [0.15, 0.2) is 5.65 Å². The van der Waals surface area contributed by atoms with Gasteiger partial charge in [-0.25, -0.2) is 9.66 Å². The van der Waals surface area contributed by atoms with Crippen LogP contribution in [0.1, 0.15) is 25.8 Å². The van der Waals surface area contributed by atoms with Crippen LogP contribution >= 0.6 is 12.2 Å². The van der Waals surface area contributed by atoms with Gasteiger partial charge in [0.25, 0.3) is 0 Å². The van der Waals surface area contributed by atoms with Crippen molar-refractivity contribution in [1.82, 2.24) is 9.66 Å². The average Bonchev–Trinajstić information content (AvgIpc) is 2.41. The third kappa shape index (κ3) is 2.26. The Morgan fingerprint density at radius 1 is 1.50 bits per heavy atom. The number of carbonyl (C=O) groups excluding carboxylic acids is 1. The fourth-order valence-corrected chi connectivity index (χ4v) is 2.09. The summed E-state index contributed by atoms with van der Waals surface area (Å²) in [4.78, 5) is 15.9. The Bertz CT molecular complexity index is 648. The molecule has 0 aliphatic heterocycles. The molecule has 0 bridgehead atoms. The zero-order valence-electron chi connectivity index (χ0n) is 10.4. The summed E-state index contributed by atoms with van der Waals surface area (Å²) >= 11 is 5.39. The summed E-state index contributed by atoms with van der Waals surface area (Å²) in [5, 5.41) is 0.972. The SMILES string of the molecule is CCC(=O)Nn1c(=S)c(CC)cc2cccnc21. The third-order valence-electron chi connectivity index (χ3n) is 2.77. The monoisotopic (exact) mass is 261 g/mol. The van der Waals surface area contributed by atoms with Gasteiger partial charge in [-0.05, 0) is 30.2 Å². The molecule has 0 fully saturated rings. The highest BCUT2D eigenvalue weighted by molar-refractivity contribution is 7.71. The minimum absolute atomic E-state index is 0.0775. The van der Waals surface area contributed by atoms with Crippen LogP contribution in [0.4, 0.5) is 0 Å². The van der Waals surface area contributed by atoms with Crippen LogP contribution in [0.2, 0.25) is 0 Å². The second-order valence-corrected chi connectivity index (χ2v) is 4.36. The highest BCUT2D eigenvalue weighted by atomic mass is 32.1. The van der Waals surface area contributed by atoms with Gasteiger partial charge in [0.05, 0.1) is 0 Å². The molecule has 0 atom stereocenters. The molecule has 2 heterocycles. The number of hydrogen-bond donors (Lipinski definition) is 1. The Morgan fingerprint density at radius 2 is 2.28 bits per heavy atom. The Labute approximate surface area is 111 Å². The van der Waals surface area contributed by atoms with E-state index >= 15 is 0 Å². The smallest absolute Gasteiger partial charge is 0.238 e. The molecule has 18 heavy (non-hydrogen) atoms. The van der Waals surface area contributed by atoms with Crippen LogP contribution in [0, 0.1) is 4.64 Å². The number of aromatic nitrogens is 2. The number of aryl methyl sites for hydroxylation is 1. The molecule has 0 saturated carbocycles. The van der Waals surface area contributed by atoms with Crippen molar-refractivity contribution in [2.24, 2.45) is 0 Å². The minimum atomic E-state index is -0.0775. The van der Waals surface area contributed by atoms with Gasteiger partial charge < -0.3 is 0 Å². The van der Waals surface area contributed by atoms with E-state index < -0.39 is 0 Å². The molecule has 2 rings (SSSR count). The van der Waals surface area contributed by atoms with Crippen molar-refractivity contribution in [3.05, 3.63) is 34.6 Å². The second-order valence-electron chi connectivity index (χ2n) is 3.97. The van der Waals surface area contributed by atoms with E-state index in [0.29, 0.717) is 16.7 Å². The lowest BCUT2D eigenvalue weighted by molar-refractivity contribution is -0.116. The first-order valence-electron chi connectivity index (χ1n) is 5.96. The first-order chi connectivity index (χ1) is 8.67. The van der Waals surface area contributed by atoms with Crippen LogP contribution in [0.5, 0.6) is 0 Å². The van der Waals surface area contributed by atoms with Gasteiger partial charge in [-0.1, -0.05) is 26.1 Å². The topological polar surface area (TPSA) is 46.9 Å². The zero-order chi connectivity index (χ0) is 13.1. The summed E-state index contributed by atoms with van der Waals surface area (Å²) in [6.45, 7) is 3.84. The summed E-state index contributed by atoms with van der Waals surface area (Å²) in [5.41, 5.74) is 4.50. The zero-order valence-corrected chi connectivity index (χ0v) is 11.3. The van der Waals surface area contributed by atoms with E-state index in [-0.39, 0.29) is 5.91 Å². The Balaban J connectivity index is 2.70. The van der Waals surface area contributed by atoms with Crippen molar-refractivity contribution in [2.75, 3.05) is 5.43 Å². The molecule has 1 amide bonds. The molecule has 0 radical (unpaired) electrons. The maximum Gasteiger partial charge on any atom is 0.238 e. The number of fused-ring (bicyclic) bond motifs is 1. The Morgan fingerprint density at radius 3 is 2.94 bits per heavy atom. The summed E-state index contributed by atoms with van der Waals surface area (Å²) in [5.74, 6) is -0.0775. The minimum Gasteiger partial charge on any atom is -0.273 e. The fourth-order valence-electron chi connectivity index (χ4n) is 1.76. The first-order valence-corrected chi connectivity index (χ1v) is 6.37. The number of nitrogens with zero attached hydrogens (tertiary/aromatic N) is 2. The van der Waals surface area contributed by atoms with Crippen LogP contribution < -0.4 is 5.43 Å². The molecule has 0 aromatic carbocycles. The summed E-state index contributed by atoms with van der Waals surface area (Å²) < 4.78 is 2.22. The normalized spacial score (nSPS) is 10.6. The molecule has 5 heteroatoms. The first kappa shape index (κ1) is 12.7. The average molecular weight is 261 g/mol. The standard InChI is InChI=1S/C13H15N3OS/c1-3-9-8-10-6-5-7-14-12(10)16(13(9)18)15-11(17)4-2/h5-8H,3-4H2,1-2H3,(H,15,17). The molecule has 0 unspecified atom stereocenters. The Kier molecular flexibility index (Phi) is 3.72. The molecule has 4 nitrogen and oxygen atoms in total. The van der Waals surface area contributed by atoms with Crippen molar-refractivity contribution >= 4 is 29.2 Å². The van der Waals surface area contributed by atoms with Crippen molar-refractivity contribution in [1.29, 1.82) is 0 Å². The van der Waals surface area contributed by atoms with E-state index in [1.807, 2.05) is 25.1 Å². The van der Waals surface area contributed by atoms with E-state index in [9.17, 15) is 4.79 Å². The van der Waals surface area contributed by atoms with E-state index in [1.54, 1.807) is 17.8 Å². The molecule has 0 spiro atoms. The van der Waals surface area contributed by atoms with Crippen LogP contribution in [0.25, 0.3) is 11.0 Å². The summed E-state index contributed by atoms with van der Waals surface area (Å²) in [6.07, 6.45) is 2.93. The number of pyridine rings is 2. The number of rotatable bonds is 3. The molecule has 94 valence electrons. The van der Waals surface area contributed by atoms with Gasteiger partial charge in [-0.15, -0.1) is 0 Å². The van der Waals surface area contributed by atoms with Crippen molar-refractivity contribution < 1.29 is 4.79 Å². The van der Waals surface area contributed by atoms with E-state index in [2.05, 4.69) is 10.4 Å². The molecule has 0 aliphatic carbocycles. The van der Waals surface area contributed by atoms with Gasteiger partial charge in [-0.3, -0.25) is 10.2 Å². The number of hydrogen-bond acceptors (Lipinski definition) is 3. The van der Waals surface area contributed by atoms with Gasteiger partial charge in [0.2, 0.25) is 5.91 Å². The van der Waals surface area contributed by atoms with Crippen LogP contribution in [-0.4, -0.2) is 15.6 Å². The second kappa shape index (κ2) is 5.27. The largest absolute Gasteiger partial charge is 0.273 e. The lowest BCUT2D eigenvalue weighted by atomic mass is 10.2. The maximum absolute atomic E-state index is 11.6. The number of amides is 1. The van der Waals surface area contributed by atoms with Gasteiger partial charge in [-0.2, -0.15) is 0 Å². The summed E-state index contributed by atoms with van der Waals surface area (Å²) in [7, 11) is 0. The Hall–Kier alpha value is -1.75. The molecular formula is C13H15N3OS. The van der Waals surface area contributed by atoms with Crippen LogP contribution in [-0.2, 0) is 11.2 Å². The lowest BCUT2D eigenvalue weighted by Gasteiger charge is -2.13. The molecule has 2 aromatic heterocycles. The molecular weight excluding hydrogens is 246 g/mol. The van der Waals surface area contributed by atoms with Crippen molar-refractivity contribution in [2.45, 2.75) is 26.7 Å². The van der Waals surface area contributed by atoms with E-state index in [1.165, 1.54) is 0 Å². The van der Waals surface area contributed by atoms with Crippen molar-refractivity contribution in [3.63, 3.8) is 0 Å². The van der Waals surface area contributed by atoms with Crippen LogP contribution in [0.15, 0.2) is 24.4 Å². The van der Waals surface area contributed by atoms with Crippen molar-refractivity contribution in [3.8, 4) is 0 Å². The predicted octanol–water partition coefficient (Wildman–Crippen LogP) is 2.81. The molecule has 2 aromatic rings. The number of carbonyl (C=O) groups is 1. The van der Waals surface area contributed by atoms with Gasteiger partial charge in [0, 0.05) is 18.0 Å². The number of nitrogens with one attached hydrogen (secondary N) is 1. The van der Waals surface area contributed by atoms with Gasteiger partial charge in [0.1, 0.15) is 4.64 Å². The highest BCUT2D eigenvalue weighted by Crippen LogP contribution is 2.15. The van der Waals surface area contributed by atoms with Gasteiger partial charge >= 0.3 is 0 Å². The van der Waals surface area contributed by atoms with E-state index in [4.69, 9.17) is 12.2 Å². The lowest BCUT2D eigenvalue weighted by Crippen LogP contribution is -2.24. The predicted molar refractivity (Wildman–Crippen MR) is 74.6 cm³/mol. The molecule has 0 saturated heterocycles. The quantitative estimate of drug-likeness (QED) is 0.864. The third-order valence-corrected chi connectivity index (χ3v) is 3.22.